The molecule has 0 N–H and O–H groups in total. The number of anilines is 3. The Morgan fingerprint density at radius 2 is 0.778 bits per heavy atom. The molecule has 0 unspecified atom stereocenters. The molecule has 2 heteroatoms. The van der Waals surface area contributed by atoms with E-state index in [0.717, 1.165) is 50.1 Å². The summed E-state index contributed by atoms with van der Waals surface area (Å²) in [5, 5.41) is 4.63. The largest absolute Gasteiger partial charge is 0.456 e. The van der Waals surface area contributed by atoms with Crippen LogP contribution in [0.3, 0.4) is 0 Å². The number of fused-ring (bicyclic) bond motifs is 4. The Balaban J connectivity index is 1.15. The van der Waals surface area contributed by atoms with Crippen LogP contribution >= 0.6 is 0 Å². The maximum Gasteiger partial charge on any atom is 0.136 e. The van der Waals surface area contributed by atoms with Crippen LogP contribution in [-0.4, -0.2) is 0 Å². The Bertz CT molecular complexity index is 2890. The SMILES string of the molecule is c1ccc(-c2ccc(-c3ccc(N(c4ccc(-c5ccccc5)cc4)c4ccc5oc6ccccc6c5c4-c4ccc5ccccc5c4)cc3)cc2)cc1. The lowest BCUT2D eigenvalue weighted by atomic mass is 9.94. The van der Waals surface area contributed by atoms with E-state index in [4.69, 9.17) is 4.42 Å². The quantitative estimate of drug-likeness (QED) is 0.166. The Morgan fingerprint density at radius 1 is 0.315 bits per heavy atom. The first-order valence-electron chi connectivity index (χ1n) is 18.4. The molecule has 1 heterocycles. The molecule has 10 rings (SSSR count). The fourth-order valence-corrected chi connectivity index (χ4v) is 7.78. The van der Waals surface area contributed by atoms with E-state index < -0.39 is 0 Å². The van der Waals surface area contributed by atoms with Crippen molar-refractivity contribution in [2.75, 3.05) is 4.90 Å². The molecule has 0 aliphatic heterocycles. The van der Waals surface area contributed by atoms with Gasteiger partial charge in [-0.1, -0.05) is 164 Å². The average molecular weight is 690 g/mol. The molecule has 0 saturated heterocycles. The van der Waals surface area contributed by atoms with Crippen molar-refractivity contribution in [2.45, 2.75) is 0 Å². The predicted molar refractivity (Wildman–Crippen MR) is 228 cm³/mol. The highest BCUT2D eigenvalue weighted by atomic mass is 16.3. The van der Waals surface area contributed by atoms with Crippen molar-refractivity contribution in [2.24, 2.45) is 0 Å². The van der Waals surface area contributed by atoms with E-state index in [1.165, 1.54) is 44.2 Å². The van der Waals surface area contributed by atoms with Gasteiger partial charge in [0.2, 0.25) is 0 Å². The molecule has 0 atom stereocenters. The minimum absolute atomic E-state index is 0.872. The topological polar surface area (TPSA) is 16.4 Å². The Kier molecular flexibility index (Phi) is 7.85. The standard InChI is InChI=1S/C52H35NO/c1-3-11-36(12-4-1)39-19-21-40(22-20-39)42-27-31-46(32-28-42)53(45-29-25-41(26-30-45)37-13-5-2-6-14-37)48-33-34-50-52(47-17-9-10-18-49(47)54-50)51(48)44-24-23-38-15-7-8-16-43(38)35-44/h1-35H. The van der Waals surface area contributed by atoms with Crippen molar-refractivity contribution in [1.82, 2.24) is 0 Å². The van der Waals surface area contributed by atoms with Gasteiger partial charge in [-0.3, -0.25) is 0 Å². The fourth-order valence-electron chi connectivity index (χ4n) is 7.78. The second kappa shape index (κ2) is 13.4. The van der Waals surface area contributed by atoms with Gasteiger partial charge >= 0.3 is 0 Å². The fraction of sp³-hybridized carbons (Fsp3) is 0. The number of hydrogen-bond donors (Lipinski definition) is 0. The first-order valence-corrected chi connectivity index (χ1v) is 18.4. The molecule has 10 aromatic rings. The Labute approximate surface area is 314 Å². The normalized spacial score (nSPS) is 11.3. The summed E-state index contributed by atoms with van der Waals surface area (Å²) in [6, 6.07) is 75.9. The second-order valence-electron chi connectivity index (χ2n) is 13.7. The molecule has 254 valence electrons. The van der Waals surface area contributed by atoms with Gasteiger partial charge in [0.15, 0.2) is 0 Å². The van der Waals surface area contributed by atoms with E-state index in [1.54, 1.807) is 0 Å². The number of para-hydroxylation sites is 1. The molecule has 0 bridgehead atoms. The van der Waals surface area contributed by atoms with Crippen molar-refractivity contribution in [3.8, 4) is 44.5 Å². The third-order valence-electron chi connectivity index (χ3n) is 10.5. The highest BCUT2D eigenvalue weighted by molar-refractivity contribution is 6.17. The molecular formula is C52H35NO. The number of furan rings is 1. The summed E-state index contributed by atoms with van der Waals surface area (Å²) in [4.78, 5) is 2.39. The lowest BCUT2D eigenvalue weighted by molar-refractivity contribution is 0.669. The van der Waals surface area contributed by atoms with Crippen LogP contribution in [-0.2, 0) is 0 Å². The van der Waals surface area contributed by atoms with Gasteiger partial charge in [0.05, 0.1) is 5.69 Å². The zero-order chi connectivity index (χ0) is 35.8. The summed E-state index contributed by atoms with van der Waals surface area (Å²) in [6.45, 7) is 0. The van der Waals surface area contributed by atoms with Crippen LogP contribution in [0.5, 0.6) is 0 Å². The maximum atomic E-state index is 6.50. The van der Waals surface area contributed by atoms with E-state index in [2.05, 4.69) is 211 Å². The molecule has 0 spiro atoms. The zero-order valence-electron chi connectivity index (χ0n) is 29.6. The molecular weight excluding hydrogens is 655 g/mol. The molecule has 0 saturated carbocycles. The van der Waals surface area contributed by atoms with Gasteiger partial charge in [-0.05, 0) is 98.2 Å². The van der Waals surface area contributed by atoms with E-state index in [-0.39, 0.29) is 0 Å². The van der Waals surface area contributed by atoms with Gasteiger partial charge in [-0.25, -0.2) is 0 Å². The number of hydrogen-bond acceptors (Lipinski definition) is 2. The summed E-state index contributed by atoms with van der Waals surface area (Å²) < 4.78 is 6.50. The smallest absolute Gasteiger partial charge is 0.136 e. The predicted octanol–water partition coefficient (Wildman–Crippen LogP) is 14.9. The molecule has 0 amide bonds. The van der Waals surface area contributed by atoms with Crippen molar-refractivity contribution in [1.29, 1.82) is 0 Å². The first-order chi connectivity index (χ1) is 26.8. The maximum absolute atomic E-state index is 6.50. The number of benzene rings is 9. The molecule has 9 aromatic carbocycles. The van der Waals surface area contributed by atoms with E-state index in [1.807, 2.05) is 6.07 Å². The lowest BCUT2D eigenvalue weighted by Gasteiger charge is -2.29. The third-order valence-corrected chi connectivity index (χ3v) is 10.5. The molecule has 2 nitrogen and oxygen atoms in total. The number of rotatable bonds is 7. The Morgan fingerprint density at radius 3 is 1.37 bits per heavy atom. The molecule has 0 aliphatic rings. The van der Waals surface area contributed by atoms with Crippen LogP contribution < -0.4 is 4.90 Å². The van der Waals surface area contributed by atoms with Crippen LogP contribution in [0.2, 0.25) is 0 Å². The van der Waals surface area contributed by atoms with Gasteiger partial charge in [0.25, 0.3) is 0 Å². The number of nitrogens with zero attached hydrogens (tertiary/aromatic N) is 1. The summed E-state index contributed by atoms with van der Waals surface area (Å²) in [5.74, 6) is 0. The van der Waals surface area contributed by atoms with Crippen molar-refractivity contribution >= 4 is 49.8 Å². The zero-order valence-corrected chi connectivity index (χ0v) is 29.6. The Hall–Kier alpha value is -7.16. The summed E-state index contributed by atoms with van der Waals surface area (Å²) in [5.41, 5.74) is 14.4. The van der Waals surface area contributed by atoms with Gasteiger partial charge < -0.3 is 9.32 Å². The average Bonchev–Trinajstić information content (AvgIpc) is 3.64. The van der Waals surface area contributed by atoms with Crippen LogP contribution in [0.1, 0.15) is 0 Å². The van der Waals surface area contributed by atoms with Crippen molar-refractivity contribution in [3.63, 3.8) is 0 Å². The lowest BCUT2D eigenvalue weighted by Crippen LogP contribution is -2.11. The van der Waals surface area contributed by atoms with Crippen LogP contribution in [0, 0.1) is 0 Å². The minimum Gasteiger partial charge on any atom is -0.456 e. The van der Waals surface area contributed by atoms with Gasteiger partial charge in [0, 0.05) is 27.7 Å². The van der Waals surface area contributed by atoms with Gasteiger partial charge in [-0.2, -0.15) is 0 Å². The summed E-state index contributed by atoms with van der Waals surface area (Å²) in [6.07, 6.45) is 0. The van der Waals surface area contributed by atoms with Crippen LogP contribution in [0.15, 0.2) is 217 Å². The summed E-state index contributed by atoms with van der Waals surface area (Å²) >= 11 is 0. The highest BCUT2D eigenvalue weighted by Crippen LogP contribution is 2.48. The molecule has 0 fully saturated rings. The van der Waals surface area contributed by atoms with Gasteiger partial charge in [0.1, 0.15) is 11.2 Å². The second-order valence-corrected chi connectivity index (χ2v) is 13.7. The molecule has 1 aromatic heterocycles. The van der Waals surface area contributed by atoms with E-state index in [0.29, 0.717) is 0 Å². The minimum atomic E-state index is 0.872. The molecule has 54 heavy (non-hydrogen) atoms. The monoisotopic (exact) mass is 689 g/mol. The van der Waals surface area contributed by atoms with Crippen LogP contribution in [0.25, 0.3) is 77.2 Å². The van der Waals surface area contributed by atoms with Crippen LogP contribution in [0.4, 0.5) is 17.1 Å². The van der Waals surface area contributed by atoms with E-state index >= 15 is 0 Å². The molecule has 0 radical (unpaired) electrons. The molecule has 0 aliphatic carbocycles. The van der Waals surface area contributed by atoms with Crippen molar-refractivity contribution in [3.05, 3.63) is 212 Å². The summed E-state index contributed by atoms with van der Waals surface area (Å²) in [7, 11) is 0. The third kappa shape index (κ3) is 5.71. The van der Waals surface area contributed by atoms with E-state index in [9.17, 15) is 0 Å². The van der Waals surface area contributed by atoms with Gasteiger partial charge in [-0.15, -0.1) is 0 Å². The first kappa shape index (κ1) is 31.6. The highest BCUT2D eigenvalue weighted by Gasteiger charge is 2.23. The van der Waals surface area contributed by atoms with Crippen molar-refractivity contribution < 1.29 is 4.42 Å².